The molecule has 0 saturated carbocycles. The van der Waals surface area contributed by atoms with E-state index < -0.39 is 0 Å². The van der Waals surface area contributed by atoms with E-state index in [0.29, 0.717) is 0 Å². The van der Waals surface area contributed by atoms with Crippen LogP contribution in [-0.2, 0) is 23.7 Å². The van der Waals surface area contributed by atoms with Crippen LogP contribution in [0.25, 0.3) is 0 Å². The van der Waals surface area contributed by atoms with E-state index in [0.717, 1.165) is 20.4 Å². The molecule has 0 amide bonds. The Morgan fingerprint density at radius 3 is 1.50 bits per heavy atom. The minimum absolute atomic E-state index is 0. The summed E-state index contributed by atoms with van der Waals surface area (Å²) in [7, 11) is 0. The van der Waals surface area contributed by atoms with Crippen molar-refractivity contribution in [2.75, 3.05) is 0 Å². The van der Waals surface area contributed by atoms with E-state index in [1.165, 1.54) is 0 Å². The second-order valence-electron chi connectivity index (χ2n) is 0. The third kappa shape index (κ3) is 8.95. The van der Waals surface area contributed by atoms with Crippen LogP contribution >= 0.6 is 0 Å². The summed E-state index contributed by atoms with van der Waals surface area (Å²) in [5, 5.41) is 0. The first-order valence-corrected chi connectivity index (χ1v) is 0.842. The molecule has 0 aliphatic heterocycles. The van der Waals surface area contributed by atoms with Gasteiger partial charge in [0.05, 0.1) is 0 Å². The molecule has 0 aromatic rings. The van der Waals surface area contributed by atoms with Crippen LogP contribution in [-0.4, -0.2) is 45.5 Å². The Labute approximate surface area is 105 Å². The molecule has 0 rings (SSSR count). The van der Waals surface area contributed by atoms with Gasteiger partial charge in [-0.2, -0.15) is 0 Å². The van der Waals surface area contributed by atoms with Crippen LogP contribution in [0.3, 0.4) is 0 Å². The fourth-order valence-electron chi connectivity index (χ4n) is 0. The Balaban J connectivity index is -0.000000000833. The van der Waals surface area contributed by atoms with Crippen molar-refractivity contribution in [3.8, 4) is 0 Å². The van der Waals surface area contributed by atoms with Crippen molar-refractivity contribution in [3.63, 3.8) is 0 Å². The van der Waals surface area contributed by atoms with Gasteiger partial charge in [0.15, 0.2) is 0 Å². The van der Waals surface area contributed by atoms with Gasteiger partial charge in [0, 0.05) is 35.6 Å². The van der Waals surface area contributed by atoms with E-state index >= 15 is 0 Å². The number of hydrogen-bond donors (Lipinski definition) is 0. The van der Waals surface area contributed by atoms with Crippen LogP contribution in [0.4, 0.5) is 0 Å². The standard InChI is InChI=1S/La.O.Sr.Ti.2H/q;;+2;;2*-1. The van der Waals surface area contributed by atoms with Crippen LogP contribution in [0, 0.1) is 35.6 Å². The summed E-state index contributed by atoms with van der Waals surface area (Å²) in [4.78, 5) is 0. The molecule has 17 valence electrons. The summed E-state index contributed by atoms with van der Waals surface area (Å²) in [6.45, 7) is 0. The van der Waals surface area contributed by atoms with E-state index in [1.54, 1.807) is 0 Å². The molecule has 0 aliphatic rings. The summed E-state index contributed by atoms with van der Waals surface area (Å²) in [6.07, 6.45) is 0. The van der Waals surface area contributed by atoms with Crippen molar-refractivity contribution in [1.29, 1.82) is 0 Å². The molecule has 0 bridgehead atoms. The Kier molecular flexibility index (Phi) is 64.3. The van der Waals surface area contributed by atoms with Crippen LogP contribution in [0.2, 0.25) is 0 Å². The van der Waals surface area contributed by atoms with E-state index in [1.807, 2.05) is 0 Å². The molecule has 4 heavy (non-hydrogen) atoms. The van der Waals surface area contributed by atoms with Crippen molar-refractivity contribution in [2.24, 2.45) is 0 Å². The van der Waals surface area contributed by atoms with E-state index in [2.05, 4.69) is 0 Å². The summed E-state index contributed by atoms with van der Waals surface area (Å²) < 4.78 is 8.25. The Bertz CT molecular complexity index is 13.5. The fraction of sp³-hybridized carbons (Fsp3) is 0. The second-order valence-corrected chi connectivity index (χ2v) is 0. The first-order chi connectivity index (χ1) is 1.00. The van der Waals surface area contributed by atoms with Crippen molar-refractivity contribution in [1.82, 2.24) is 0 Å². The van der Waals surface area contributed by atoms with Gasteiger partial charge < -0.3 is 2.85 Å². The molecule has 0 N–H and O–H groups in total. The van der Waals surface area contributed by atoms with Crippen LogP contribution in [0.15, 0.2) is 0 Å². The van der Waals surface area contributed by atoms with Gasteiger partial charge in [-0.3, -0.25) is 0 Å². The Morgan fingerprint density at radius 1 is 1.50 bits per heavy atom. The molecule has 1 nitrogen and oxygen atoms in total. The fourth-order valence-corrected chi connectivity index (χ4v) is 0. The average molecular weight is 292 g/mol. The summed E-state index contributed by atoms with van der Waals surface area (Å²) in [5.74, 6) is 0. The molecule has 0 spiro atoms. The van der Waals surface area contributed by atoms with Crippen LogP contribution < -0.4 is 0 Å². The first-order valence-electron chi connectivity index (χ1n) is 0.204. The Hall–Kier alpha value is 3.19. The smallest absolute Gasteiger partial charge is 2.00 e. The third-order valence-electron chi connectivity index (χ3n) is 0. The largest absolute Gasteiger partial charge is 2.00 e. The minimum atomic E-state index is 0. The predicted molar refractivity (Wildman–Crippen MR) is 8.66 cm³/mol. The molecule has 0 fully saturated rings. The Morgan fingerprint density at radius 2 is 1.50 bits per heavy atom. The summed E-state index contributed by atoms with van der Waals surface area (Å²) in [6, 6.07) is 0. The number of rotatable bonds is 0. The molecular weight excluding hydrogens is 290 g/mol. The van der Waals surface area contributed by atoms with Gasteiger partial charge in [0.1, 0.15) is 0 Å². The van der Waals surface area contributed by atoms with Gasteiger partial charge in [-0.15, -0.1) is 0 Å². The van der Waals surface area contributed by atoms with Crippen molar-refractivity contribution < 1.29 is 62.2 Å². The zero-order valence-corrected chi connectivity index (χ0v) is 10.9. The monoisotopic (exact) mass is 293 g/mol. The zero-order valence-electron chi connectivity index (χ0n) is 4.19. The van der Waals surface area contributed by atoms with Crippen LogP contribution in [0.1, 0.15) is 2.85 Å². The molecule has 0 unspecified atom stereocenters. The maximum Gasteiger partial charge on any atom is 2.00 e. The zero-order chi connectivity index (χ0) is 2.00. The van der Waals surface area contributed by atoms with Crippen molar-refractivity contribution in [2.45, 2.75) is 0 Å². The van der Waals surface area contributed by atoms with Gasteiger partial charge in [0.25, 0.3) is 0 Å². The van der Waals surface area contributed by atoms with Crippen LogP contribution in [0.5, 0.6) is 0 Å². The maximum atomic E-state index is 8.25. The van der Waals surface area contributed by atoms with E-state index in [-0.39, 0.29) is 83.9 Å². The van der Waals surface area contributed by atoms with Gasteiger partial charge in [-0.25, -0.2) is 0 Å². The molecule has 0 heterocycles. The minimum Gasteiger partial charge on any atom is 2.00 e. The topological polar surface area (TPSA) is 17.1 Å². The third-order valence-corrected chi connectivity index (χ3v) is 0. The molecule has 0 aromatic heterocycles. The molecular formula is H2LaOSrTi. The number of hydrogen-bond acceptors (Lipinski definition) is 1. The SMILES string of the molecule is [H-].[H-].[La].[O]=[Ti].[Sr+2]. The maximum absolute atomic E-state index is 8.25. The molecule has 4 heteroatoms. The van der Waals surface area contributed by atoms with Crippen molar-refractivity contribution in [3.05, 3.63) is 0 Å². The van der Waals surface area contributed by atoms with Crippen molar-refractivity contribution >= 4 is 45.5 Å². The first kappa shape index (κ1) is 15.7. The predicted octanol–water partition coefficient (Wildman–Crippen LogP) is -0.277. The normalized spacial score (nSPS) is 0.750. The second kappa shape index (κ2) is 16.4. The average Bonchev–Trinajstić information content (AvgIpc) is 1.00. The van der Waals surface area contributed by atoms with E-state index in [4.69, 9.17) is 3.32 Å². The summed E-state index contributed by atoms with van der Waals surface area (Å²) >= 11 is 0.750. The van der Waals surface area contributed by atoms with Gasteiger partial charge >= 0.3 is 69.2 Å². The van der Waals surface area contributed by atoms with Gasteiger partial charge in [0.2, 0.25) is 0 Å². The molecule has 1 radical (unpaired) electrons. The quantitative estimate of drug-likeness (QED) is 0.562. The molecule has 0 atom stereocenters. The summed E-state index contributed by atoms with van der Waals surface area (Å²) in [5.41, 5.74) is 0. The van der Waals surface area contributed by atoms with E-state index in [9.17, 15) is 0 Å². The molecule has 0 aliphatic carbocycles. The molecule has 0 saturated heterocycles. The van der Waals surface area contributed by atoms with Gasteiger partial charge in [-0.05, 0) is 0 Å². The molecule has 0 aromatic carbocycles. The van der Waals surface area contributed by atoms with Gasteiger partial charge in [-0.1, -0.05) is 0 Å².